The van der Waals surface area contributed by atoms with Gasteiger partial charge in [-0.1, -0.05) is 29.3 Å². The Morgan fingerprint density at radius 2 is 1.97 bits per heavy atom. The zero-order valence-electron chi connectivity index (χ0n) is 17.9. The maximum Gasteiger partial charge on any atom is 0.428 e. The van der Waals surface area contributed by atoms with E-state index in [0.29, 0.717) is 5.69 Å². The number of carbonyl (C=O) groups excluding carboxylic acids is 1. The van der Waals surface area contributed by atoms with Gasteiger partial charge in [0.15, 0.2) is 0 Å². The summed E-state index contributed by atoms with van der Waals surface area (Å²) >= 11 is 11.9. The van der Waals surface area contributed by atoms with Gasteiger partial charge in [0.1, 0.15) is 6.07 Å². The molecule has 0 fully saturated rings. The zero-order chi connectivity index (χ0) is 25.4. The van der Waals surface area contributed by atoms with E-state index in [0.717, 1.165) is 18.2 Å². The van der Waals surface area contributed by atoms with Gasteiger partial charge in [0.25, 0.3) is 0 Å². The summed E-state index contributed by atoms with van der Waals surface area (Å²) in [6.07, 6.45) is -1.33. The van der Waals surface area contributed by atoms with Crippen molar-refractivity contribution < 1.29 is 27.5 Å². The third-order valence-corrected chi connectivity index (χ3v) is 5.59. The third-order valence-electron chi connectivity index (χ3n) is 5.15. The van der Waals surface area contributed by atoms with Gasteiger partial charge in [0.2, 0.25) is 5.60 Å². The Morgan fingerprint density at radius 1 is 1.26 bits per heavy atom. The number of nitriles is 1. The number of rotatable bonds is 5. The number of hydrogen-bond acceptors (Lipinski definition) is 6. The van der Waals surface area contributed by atoms with Gasteiger partial charge in [0.05, 0.1) is 35.3 Å². The fraction of sp³-hybridized carbons (Fsp3) is 0.174. The topological polar surface area (TPSA) is 89.2 Å². The van der Waals surface area contributed by atoms with E-state index in [9.17, 15) is 23.2 Å². The lowest BCUT2D eigenvalue weighted by molar-refractivity contribution is -0.269. The van der Waals surface area contributed by atoms with Gasteiger partial charge < -0.3 is 4.74 Å². The molecular weight excluding hydrogens is 508 g/mol. The van der Waals surface area contributed by atoms with Gasteiger partial charge in [-0.05, 0) is 43.3 Å². The van der Waals surface area contributed by atoms with E-state index in [4.69, 9.17) is 32.8 Å². The minimum atomic E-state index is -4.87. The summed E-state index contributed by atoms with van der Waals surface area (Å²) < 4.78 is 48.9. The predicted octanol–water partition coefficient (Wildman–Crippen LogP) is 5.56. The lowest BCUT2D eigenvalue weighted by Crippen LogP contribution is -2.42. The standard InChI is InChI=1S/C23H15Cl2F3N4O3/c1-2-34-21(33)15-11-30-32(12-15)20-4-3-13(5-14(20)10-29)19-9-22(35-31-19,23(26,27)28)16-6-17(24)8-18(25)7-16/h3-9,11-12,31H,2H2,1H3. The average Bonchev–Trinajstić information content (AvgIpc) is 3.47. The van der Waals surface area contributed by atoms with Crippen LogP contribution in [0, 0.1) is 11.3 Å². The highest BCUT2D eigenvalue weighted by molar-refractivity contribution is 6.34. The van der Waals surface area contributed by atoms with Crippen molar-refractivity contribution in [1.29, 1.82) is 5.26 Å². The molecule has 0 bridgehead atoms. The molecule has 1 aromatic heterocycles. The zero-order valence-corrected chi connectivity index (χ0v) is 19.4. The molecule has 0 aliphatic carbocycles. The van der Waals surface area contributed by atoms with Crippen LogP contribution in [0.3, 0.4) is 0 Å². The second-order valence-corrected chi connectivity index (χ2v) is 8.26. The smallest absolute Gasteiger partial charge is 0.428 e. The summed E-state index contributed by atoms with van der Waals surface area (Å²) in [5.41, 5.74) is -0.0358. The number of esters is 1. The van der Waals surface area contributed by atoms with Crippen molar-refractivity contribution in [2.24, 2.45) is 0 Å². The molecule has 0 saturated carbocycles. The largest absolute Gasteiger partial charge is 0.462 e. The summed E-state index contributed by atoms with van der Waals surface area (Å²) in [5, 5.41) is 13.8. The molecule has 7 nitrogen and oxygen atoms in total. The summed E-state index contributed by atoms with van der Waals surface area (Å²) in [6.45, 7) is 1.85. The Balaban J connectivity index is 1.74. The van der Waals surface area contributed by atoms with Crippen LogP contribution in [0.15, 0.2) is 54.9 Å². The molecule has 1 atom stereocenters. The summed E-state index contributed by atoms with van der Waals surface area (Å²) in [4.78, 5) is 17.0. The number of nitrogens with zero attached hydrogens (tertiary/aromatic N) is 3. The molecule has 2 heterocycles. The molecule has 35 heavy (non-hydrogen) atoms. The lowest BCUT2D eigenvalue weighted by atomic mass is 9.91. The lowest BCUT2D eigenvalue weighted by Gasteiger charge is -2.28. The van der Waals surface area contributed by atoms with Gasteiger partial charge >= 0.3 is 12.1 Å². The molecule has 12 heteroatoms. The quantitative estimate of drug-likeness (QED) is 0.441. The molecule has 2 aromatic carbocycles. The number of hydrogen-bond donors (Lipinski definition) is 1. The number of aromatic nitrogens is 2. The second kappa shape index (κ2) is 9.26. The second-order valence-electron chi connectivity index (χ2n) is 7.39. The fourth-order valence-electron chi connectivity index (χ4n) is 3.52. The average molecular weight is 523 g/mol. The Morgan fingerprint density at radius 3 is 2.60 bits per heavy atom. The van der Waals surface area contributed by atoms with Crippen molar-refractivity contribution in [2.75, 3.05) is 6.61 Å². The molecule has 3 aromatic rings. The molecular formula is C23H15Cl2F3N4O3. The van der Waals surface area contributed by atoms with Crippen LogP contribution in [0.1, 0.15) is 34.0 Å². The molecule has 0 saturated heterocycles. The number of halogens is 5. The fourth-order valence-corrected chi connectivity index (χ4v) is 4.05. The molecule has 1 aliphatic heterocycles. The maximum atomic E-state index is 14.2. The molecule has 0 spiro atoms. The van der Waals surface area contributed by atoms with Crippen LogP contribution in [0.4, 0.5) is 13.2 Å². The summed E-state index contributed by atoms with van der Waals surface area (Å²) in [5.74, 6) is -0.573. The van der Waals surface area contributed by atoms with Crippen LogP contribution in [0.2, 0.25) is 10.0 Å². The highest BCUT2D eigenvalue weighted by Gasteiger charge is 2.59. The van der Waals surface area contributed by atoms with E-state index >= 15 is 0 Å². The molecule has 1 unspecified atom stereocenters. The van der Waals surface area contributed by atoms with E-state index in [1.807, 2.05) is 6.07 Å². The first-order valence-electron chi connectivity index (χ1n) is 10.0. The van der Waals surface area contributed by atoms with Crippen LogP contribution in [-0.2, 0) is 15.2 Å². The SMILES string of the molecule is CCOC(=O)c1cnn(-c2ccc(C3=CC(c4cc(Cl)cc(Cl)c4)(C(F)(F)F)ON3)cc2C#N)c1. The number of carbonyl (C=O) groups is 1. The molecule has 1 aliphatic rings. The van der Waals surface area contributed by atoms with Crippen molar-refractivity contribution in [3.8, 4) is 11.8 Å². The van der Waals surface area contributed by atoms with Gasteiger partial charge in [-0.3, -0.25) is 10.3 Å². The molecule has 4 rings (SSSR count). The Hall–Kier alpha value is -3.52. The molecule has 0 radical (unpaired) electrons. The van der Waals surface area contributed by atoms with Crippen LogP contribution >= 0.6 is 23.2 Å². The first-order valence-corrected chi connectivity index (χ1v) is 10.8. The molecule has 1 N–H and O–H groups in total. The van der Waals surface area contributed by atoms with Crippen molar-refractivity contribution in [3.63, 3.8) is 0 Å². The predicted molar refractivity (Wildman–Crippen MR) is 121 cm³/mol. The molecule has 0 amide bonds. The summed E-state index contributed by atoms with van der Waals surface area (Å²) in [6, 6.07) is 9.88. The number of hydroxylamine groups is 1. The highest BCUT2D eigenvalue weighted by Crippen LogP contribution is 2.48. The van der Waals surface area contributed by atoms with E-state index < -0.39 is 17.7 Å². The van der Waals surface area contributed by atoms with Crippen LogP contribution < -0.4 is 5.48 Å². The van der Waals surface area contributed by atoms with E-state index in [1.54, 1.807) is 6.92 Å². The number of ether oxygens (including phenoxy) is 1. The van der Waals surface area contributed by atoms with E-state index in [2.05, 4.69) is 10.6 Å². The normalized spacial score (nSPS) is 17.5. The number of benzene rings is 2. The first-order chi connectivity index (χ1) is 16.6. The first kappa shape index (κ1) is 24.6. The highest BCUT2D eigenvalue weighted by atomic mass is 35.5. The Labute approximate surface area is 207 Å². The van der Waals surface area contributed by atoms with E-state index in [-0.39, 0.29) is 44.6 Å². The van der Waals surface area contributed by atoms with Gasteiger partial charge in [-0.25, -0.2) is 9.48 Å². The Kier molecular flexibility index (Phi) is 6.51. The van der Waals surface area contributed by atoms with Crippen molar-refractivity contribution in [2.45, 2.75) is 18.7 Å². The van der Waals surface area contributed by atoms with Gasteiger partial charge in [-0.15, -0.1) is 0 Å². The van der Waals surface area contributed by atoms with Crippen LogP contribution in [-0.4, -0.2) is 28.5 Å². The summed E-state index contributed by atoms with van der Waals surface area (Å²) in [7, 11) is 0. The van der Waals surface area contributed by atoms with Crippen molar-refractivity contribution >= 4 is 34.9 Å². The monoisotopic (exact) mass is 522 g/mol. The number of nitrogens with one attached hydrogen (secondary N) is 1. The molecule has 180 valence electrons. The van der Waals surface area contributed by atoms with Crippen LogP contribution in [0.5, 0.6) is 0 Å². The van der Waals surface area contributed by atoms with Crippen molar-refractivity contribution in [1.82, 2.24) is 15.3 Å². The van der Waals surface area contributed by atoms with Crippen molar-refractivity contribution in [3.05, 3.63) is 87.2 Å². The van der Waals surface area contributed by atoms with Gasteiger partial charge in [-0.2, -0.15) is 23.5 Å². The van der Waals surface area contributed by atoms with E-state index in [1.165, 1.54) is 41.3 Å². The van der Waals surface area contributed by atoms with Crippen LogP contribution in [0.25, 0.3) is 11.4 Å². The minimum Gasteiger partial charge on any atom is -0.462 e. The minimum absolute atomic E-state index is 0.0131. The van der Waals surface area contributed by atoms with Gasteiger partial charge in [0, 0.05) is 27.4 Å². The number of alkyl halides is 3. The maximum absolute atomic E-state index is 14.2. The Bertz CT molecular complexity index is 1360. The third kappa shape index (κ3) is 4.58.